The number of urea groups is 3. The van der Waals surface area contributed by atoms with E-state index in [1.54, 1.807) is 48.5 Å². The van der Waals surface area contributed by atoms with Crippen LogP contribution in [0.4, 0.5) is 59.9 Å². The van der Waals surface area contributed by atoms with Gasteiger partial charge in [0.05, 0.1) is 32.6 Å². The SMILES string of the molecule is O=C(Nc1ccc([N+](=O)[O-])cc1)Nc1ccccc1NC(=O)Nc1ccccc1NC(=O)Nc1ccc([N+](=O)[O-])cc1. The number of hydrogen-bond donors (Lipinski definition) is 6. The quantitative estimate of drug-likeness (QED) is 0.103. The van der Waals surface area contributed by atoms with Crippen molar-refractivity contribution in [3.8, 4) is 0 Å². The molecule has 15 nitrogen and oxygen atoms in total. The van der Waals surface area contributed by atoms with Crippen molar-refractivity contribution in [3.05, 3.63) is 117 Å². The largest absolute Gasteiger partial charge is 0.323 e. The number of carbonyl (C=O) groups is 3. The number of nitrogens with one attached hydrogen (secondary N) is 6. The molecule has 0 saturated carbocycles. The molecule has 4 aromatic carbocycles. The Hall–Kier alpha value is -6.51. The summed E-state index contributed by atoms with van der Waals surface area (Å²) in [5.74, 6) is 0. The van der Waals surface area contributed by atoms with E-state index in [1.807, 2.05) is 0 Å². The molecule has 0 spiro atoms. The highest BCUT2D eigenvalue weighted by molar-refractivity contribution is 6.08. The number of para-hydroxylation sites is 4. The predicted octanol–water partition coefficient (Wildman–Crippen LogP) is 6.44. The van der Waals surface area contributed by atoms with Crippen LogP contribution in [0.3, 0.4) is 0 Å². The fraction of sp³-hybridized carbons (Fsp3) is 0. The number of amides is 6. The van der Waals surface area contributed by atoms with Gasteiger partial charge in [0.25, 0.3) is 11.4 Å². The van der Waals surface area contributed by atoms with Crippen molar-refractivity contribution in [1.29, 1.82) is 0 Å². The number of non-ortho nitro benzene ring substituents is 2. The van der Waals surface area contributed by atoms with Crippen molar-refractivity contribution in [2.24, 2.45) is 0 Å². The average molecular weight is 571 g/mol. The molecule has 0 aliphatic carbocycles. The van der Waals surface area contributed by atoms with Gasteiger partial charge in [-0.25, -0.2) is 14.4 Å². The summed E-state index contributed by atoms with van der Waals surface area (Å²) in [6.07, 6.45) is 0. The van der Waals surface area contributed by atoms with E-state index < -0.39 is 27.9 Å². The minimum atomic E-state index is -0.676. The standard InChI is InChI=1S/C27H22N8O7/c36-25(28-17-9-13-19(14-10-17)34(39)40)30-21-5-1-3-7-23(21)32-27(38)33-24-8-4-2-6-22(24)31-26(37)29-18-11-15-20(16-12-18)35(41)42/h1-16H,(H2,28,30,36)(H2,29,31,37)(H2,32,33,38). The molecule has 0 radical (unpaired) electrons. The van der Waals surface area contributed by atoms with Crippen LogP contribution in [0.25, 0.3) is 0 Å². The smallest absolute Gasteiger partial charge is 0.308 e. The molecular formula is C27H22N8O7. The summed E-state index contributed by atoms with van der Waals surface area (Å²) in [5.41, 5.74) is 1.45. The van der Waals surface area contributed by atoms with Gasteiger partial charge in [-0.2, -0.15) is 0 Å². The second kappa shape index (κ2) is 13.0. The summed E-state index contributed by atoms with van der Waals surface area (Å²) in [7, 11) is 0. The van der Waals surface area contributed by atoms with E-state index in [9.17, 15) is 34.6 Å². The Morgan fingerprint density at radius 2 is 0.690 bits per heavy atom. The maximum atomic E-state index is 12.8. The first kappa shape index (κ1) is 28.5. The molecule has 0 heterocycles. The lowest BCUT2D eigenvalue weighted by Gasteiger charge is -2.15. The lowest BCUT2D eigenvalue weighted by Crippen LogP contribution is -2.24. The van der Waals surface area contributed by atoms with E-state index in [1.165, 1.54) is 48.5 Å². The summed E-state index contributed by atoms with van der Waals surface area (Å²) >= 11 is 0. The Morgan fingerprint density at radius 1 is 0.429 bits per heavy atom. The Balaban J connectivity index is 1.36. The molecule has 6 amide bonds. The van der Waals surface area contributed by atoms with Gasteiger partial charge in [-0.1, -0.05) is 24.3 Å². The van der Waals surface area contributed by atoms with Gasteiger partial charge in [-0.15, -0.1) is 0 Å². The Bertz CT molecular complexity index is 1520. The monoisotopic (exact) mass is 570 g/mol. The first-order valence-electron chi connectivity index (χ1n) is 12.1. The number of rotatable bonds is 8. The lowest BCUT2D eigenvalue weighted by molar-refractivity contribution is -0.385. The molecule has 212 valence electrons. The molecular weight excluding hydrogens is 548 g/mol. The zero-order valence-corrected chi connectivity index (χ0v) is 21.5. The second-order valence-electron chi connectivity index (χ2n) is 8.44. The Morgan fingerprint density at radius 3 is 0.952 bits per heavy atom. The van der Waals surface area contributed by atoms with Crippen LogP contribution >= 0.6 is 0 Å². The molecule has 0 saturated heterocycles. The molecule has 4 rings (SSSR count). The average Bonchev–Trinajstić information content (AvgIpc) is 2.95. The summed E-state index contributed by atoms with van der Waals surface area (Å²) in [6.45, 7) is 0. The third-order valence-corrected chi connectivity index (χ3v) is 5.52. The summed E-state index contributed by atoms with van der Waals surface area (Å²) in [5, 5.41) is 37.2. The number of benzene rings is 4. The zero-order valence-electron chi connectivity index (χ0n) is 21.5. The van der Waals surface area contributed by atoms with E-state index in [-0.39, 0.29) is 34.1 Å². The minimum absolute atomic E-state index is 0.122. The molecule has 0 atom stereocenters. The minimum Gasteiger partial charge on any atom is -0.308 e. The molecule has 4 aromatic rings. The second-order valence-corrected chi connectivity index (χ2v) is 8.44. The van der Waals surface area contributed by atoms with Gasteiger partial charge in [-0.3, -0.25) is 20.2 Å². The van der Waals surface area contributed by atoms with Crippen LogP contribution < -0.4 is 31.9 Å². The third kappa shape index (κ3) is 7.76. The van der Waals surface area contributed by atoms with E-state index in [4.69, 9.17) is 0 Å². The van der Waals surface area contributed by atoms with E-state index in [2.05, 4.69) is 31.9 Å². The van der Waals surface area contributed by atoms with Gasteiger partial charge < -0.3 is 31.9 Å². The normalized spacial score (nSPS) is 10.1. The molecule has 0 aliphatic heterocycles. The van der Waals surface area contributed by atoms with E-state index in [0.717, 1.165) is 0 Å². The fourth-order valence-electron chi connectivity index (χ4n) is 3.58. The molecule has 0 aromatic heterocycles. The maximum absolute atomic E-state index is 12.8. The number of anilines is 6. The third-order valence-electron chi connectivity index (χ3n) is 5.52. The lowest BCUT2D eigenvalue weighted by atomic mass is 10.2. The van der Waals surface area contributed by atoms with Gasteiger partial charge >= 0.3 is 18.1 Å². The van der Waals surface area contributed by atoms with Crippen molar-refractivity contribution in [3.63, 3.8) is 0 Å². The van der Waals surface area contributed by atoms with Crippen LogP contribution in [-0.2, 0) is 0 Å². The van der Waals surface area contributed by atoms with E-state index in [0.29, 0.717) is 11.4 Å². The van der Waals surface area contributed by atoms with Crippen molar-refractivity contribution in [2.75, 3.05) is 31.9 Å². The molecule has 15 heteroatoms. The van der Waals surface area contributed by atoms with E-state index >= 15 is 0 Å². The topological polar surface area (TPSA) is 210 Å². The number of nitrogens with zero attached hydrogens (tertiary/aromatic N) is 2. The highest BCUT2D eigenvalue weighted by Gasteiger charge is 2.14. The van der Waals surface area contributed by atoms with Crippen molar-refractivity contribution >= 4 is 63.6 Å². The van der Waals surface area contributed by atoms with Gasteiger partial charge in [0.15, 0.2) is 0 Å². The van der Waals surface area contributed by atoms with Crippen LogP contribution in [0, 0.1) is 20.2 Å². The Kier molecular flexibility index (Phi) is 8.84. The summed E-state index contributed by atoms with van der Waals surface area (Å²) in [6, 6.07) is 21.4. The maximum Gasteiger partial charge on any atom is 0.323 e. The highest BCUT2D eigenvalue weighted by atomic mass is 16.6. The van der Waals surface area contributed by atoms with Gasteiger partial charge in [-0.05, 0) is 48.5 Å². The van der Waals surface area contributed by atoms with Crippen LogP contribution in [0.15, 0.2) is 97.1 Å². The fourth-order valence-corrected chi connectivity index (χ4v) is 3.58. The van der Waals surface area contributed by atoms with Crippen LogP contribution in [-0.4, -0.2) is 27.9 Å². The summed E-state index contributed by atoms with van der Waals surface area (Å²) < 4.78 is 0. The highest BCUT2D eigenvalue weighted by Crippen LogP contribution is 2.25. The van der Waals surface area contributed by atoms with Gasteiger partial charge in [0.1, 0.15) is 0 Å². The molecule has 0 unspecified atom stereocenters. The van der Waals surface area contributed by atoms with Crippen molar-refractivity contribution in [2.45, 2.75) is 0 Å². The zero-order chi connectivity index (χ0) is 30.1. The van der Waals surface area contributed by atoms with Gasteiger partial charge in [0.2, 0.25) is 0 Å². The number of hydrogen-bond acceptors (Lipinski definition) is 7. The Labute approximate surface area is 237 Å². The summed E-state index contributed by atoms with van der Waals surface area (Å²) in [4.78, 5) is 58.3. The first-order chi connectivity index (χ1) is 20.2. The van der Waals surface area contributed by atoms with Crippen LogP contribution in [0.2, 0.25) is 0 Å². The number of nitro groups is 2. The number of carbonyl (C=O) groups excluding carboxylic acids is 3. The molecule has 42 heavy (non-hydrogen) atoms. The molecule has 0 bridgehead atoms. The first-order valence-corrected chi connectivity index (χ1v) is 12.1. The van der Waals surface area contributed by atoms with Crippen molar-refractivity contribution < 1.29 is 24.2 Å². The van der Waals surface area contributed by atoms with Crippen LogP contribution in [0.1, 0.15) is 0 Å². The predicted molar refractivity (Wildman–Crippen MR) is 157 cm³/mol. The van der Waals surface area contributed by atoms with Crippen molar-refractivity contribution in [1.82, 2.24) is 0 Å². The molecule has 0 aliphatic rings. The van der Waals surface area contributed by atoms with Gasteiger partial charge in [0, 0.05) is 35.6 Å². The molecule has 6 N–H and O–H groups in total. The number of nitro benzene ring substituents is 2. The van der Waals surface area contributed by atoms with Crippen LogP contribution in [0.5, 0.6) is 0 Å². The molecule has 0 fully saturated rings.